The molecule has 0 fully saturated rings. The normalized spacial score (nSPS) is 10.9. The van der Waals surface area contributed by atoms with Gasteiger partial charge in [-0.3, -0.25) is 0 Å². The van der Waals surface area contributed by atoms with Gasteiger partial charge in [-0.2, -0.15) is 5.10 Å². The summed E-state index contributed by atoms with van der Waals surface area (Å²) in [5, 5.41) is 16.8. The average molecular weight is 268 g/mol. The fraction of sp³-hybridized carbons (Fsp3) is 0.200. The number of anilines is 1. The first-order chi connectivity index (χ1) is 9.74. The summed E-state index contributed by atoms with van der Waals surface area (Å²) < 4.78 is 1.79. The van der Waals surface area contributed by atoms with E-state index in [1.165, 1.54) is 0 Å². The minimum Gasteiger partial charge on any atom is -0.392 e. The van der Waals surface area contributed by atoms with Crippen LogP contribution in [0.4, 0.5) is 5.69 Å². The molecule has 0 saturated heterocycles. The number of aromatic nitrogens is 3. The first-order valence-electron chi connectivity index (χ1n) is 6.49. The molecule has 0 aliphatic rings. The Kier molecular flexibility index (Phi) is 3.35. The lowest BCUT2D eigenvalue weighted by atomic mass is 10.2. The van der Waals surface area contributed by atoms with Crippen LogP contribution in [0.5, 0.6) is 0 Å². The molecule has 2 heterocycles. The van der Waals surface area contributed by atoms with Crippen molar-refractivity contribution in [3.05, 3.63) is 59.5 Å². The van der Waals surface area contributed by atoms with Crippen molar-refractivity contribution >= 4 is 11.3 Å². The molecule has 5 heteroatoms. The number of aliphatic hydroxyl groups is 1. The van der Waals surface area contributed by atoms with Gasteiger partial charge in [0.05, 0.1) is 12.3 Å². The second kappa shape index (κ2) is 5.30. The lowest BCUT2D eigenvalue weighted by Crippen LogP contribution is -2.02. The number of rotatable bonds is 4. The highest BCUT2D eigenvalue weighted by molar-refractivity contribution is 5.46. The van der Waals surface area contributed by atoms with E-state index in [1.54, 1.807) is 4.52 Å². The van der Waals surface area contributed by atoms with E-state index in [4.69, 9.17) is 5.11 Å². The van der Waals surface area contributed by atoms with Crippen LogP contribution in [0.25, 0.3) is 5.65 Å². The summed E-state index contributed by atoms with van der Waals surface area (Å²) in [7, 11) is 0. The van der Waals surface area contributed by atoms with Crippen molar-refractivity contribution in [2.24, 2.45) is 0 Å². The number of fused-ring (bicyclic) bond motifs is 1. The van der Waals surface area contributed by atoms with E-state index in [0.717, 1.165) is 28.2 Å². The summed E-state index contributed by atoms with van der Waals surface area (Å²) in [6.45, 7) is 2.67. The smallest absolute Gasteiger partial charge is 0.155 e. The Morgan fingerprint density at radius 1 is 1.25 bits per heavy atom. The molecular formula is C15H16N4O. The summed E-state index contributed by atoms with van der Waals surface area (Å²) in [5.41, 5.74) is 4.74. The predicted octanol–water partition coefficient (Wildman–Crippen LogP) is 2.14. The van der Waals surface area contributed by atoms with Crippen LogP contribution in [0.3, 0.4) is 0 Å². The Balaban J connectivity index is 1.75. The van der Waals surface area contributed by atoms with Gasteiger partial charge in [0.1, 0.15) is 0 Å². The molecule has 0 aliphatic carbocycles. The Hall–Kier alpha value is -2.40. The van der Waals surface area contributed by atoms with E-state index in [1.807, 2.05) is 49.6 Å². The van der Waals surface area contributed by atoms with Crippen LogP contribution in [0.2, 0.25) is 0 Å². The zero-order valence-corrected chi connectivity index (χ0v) is 11.2. The van der Waals surface area contributed by atoms with Crippen LogP contribution < -0.4 is 5.32 Å². The molecule has 0 saturated carbocycles. The number of hydrogen-bond acceptors (Lipinski definition) is 4. The summed E-state index contributed by atoms with van der Waals surface area (Å²) >= 11 is 0. The molecule has 2 N–H and O–H groups in total. The fourth-order valence-electron chi connectivity index (χ4n) is 2.11. The van der Waals surface area contributed by atoms with Crippen LogP contribution in [0, 0.1) is 6.92 Å². The quantitative estimate of drug-likeness (QED) is 0.761. The van der Waals surface area contributed by atoms with Gasteiger partial charge in [-0.1, -0.05) is 12.1 Å². The SMILES string of the molecule is Cc1cc2ncc(CNc3cccc(CO)c3)cn2n1. The van der Waals surface area contributed by atoms with Crippen LogP contribution in [0.15, 0.2) is 42.7 Å². The molecule has 0 unspecified atom stereocenters. The van der Waals surface area contributed by atoms with Crippen LogP contribution in [-0.4, -0.2) is 19.7 Å². The molecule has 0 radical (unpaired) electrons. The lowest BCUT2D eigenvalue weighted by molar-refractivity contribution is 0.282. The summed E-state index contributed by atoms with van der Waals surface area (Å²) in [5.74, 6) is 0. The molecule has 0 amide bonds. The summed E-state index contributed by atoms with van der Waals surface area (Å²) in [4.78, 5) is 4.37. The molecule has 5 nitrogen and oxygen atoms in total. The van der Waals surface area contributed by atoms with E-state index in [0.29, 0.717) is 6.54 Å². The third-order valence-corrected chi connectivity index (χ3v) is 3.10. The minimum atomic E-state index is 0.0512. The average Bonchev–Trinajstić information content (AvgIpc) is 2.84. The number of aryl methyl sites for hydroxylation is 1. The van der Waals surface area contributed by atoms with E-state index >= 15 is 0 Å². The van der Waals surface area contributed by atoms with Crippen LogP contribution in [-0.2, 0) is 13.2 Å². The van der Waals surface area contributed by atoms with Crippen molar-refractivity contribution in [1.82, 2.24) is 14.6 Å². The van der Waals surface area contributed by atoms with Gasteiger partial charge in [0.25, 0.3) is 0 Å². The van der Waals surface area contributed by atoms with Crippen LogP contribution >= 0.6 is 0 Å². The van der Waals surface area contributed by atoms with Crippen molar-refractivity contribution in [3.63, 3.8) is 0 Å². The molecule has 0 bridgehead atoms. The Morgan fingerprint density at radius 3 is 3.00 bits per heavy atom. The van der Waals surface area contributed by atoms with Crippen molar-refractivity contribution in [2.75, 3.05) is 5.32 Å². The molecule has 3 aromatic rings. The van der Waals surface area contributed by atoms with Gasteiger partial charge in [0.2, 0.25) is 0 Å². The summed E-state index contributed by atoms with van der Waals surface area (Å²) in [6, 6.07) is 9.67. The second-order valence-corrected chi connectivity index (χ2v) is 4.76. The van der Waals surface area contributed by atoms with E-state index in [2.05, 4.69) is 15.4 Å². The lowest BCUT2D eigenvalue weighted by Gasteiger charge is -2.07. The molecule has 1 aromatic carbocycles. The molecule has 3 rings (SSSR count). The molecular weight excluding hydrogens is 252 g/mol. The predicted molar refractivity (Wildman–Crippen MR) is 77.4 cm³/mol. The fourth-order valence-corrected chi connectivity index (χ4v) is 2.11. The highest BCUT2D eigenvalue weighted by atomic mass is 16.3. The first kappa shape index (κ1) is 12.6. The Labute approximate surface area is 116 Å². The zero-order valence-electron chi connectivity index (χ0n) is 11.2. The minimum absolute atomic E-state index is 0.0512. The van der Waals surface area contributed by atoms with Crippen molar-refractivity contribution in [1.29, 1.82) is 0 Å². The molecule has 0 atom stereocenters. The van der Waals surface area contributed by atoms with Crippen molar-refractivity contribution in [2.45, 2.75) is 20.1 Å². The zero-order chi connectivity index (χ0) is 13.9. The summed E-state index contributed by atoms with van der Waals surface area (Å²) in [6.07, 6.45) is 3.82. The second-order valence-electron chi connectivity index (χ2n) is 4.76. The van der Waals surface area contributed by atoms with E-state index in [-0.39, 0.29) is 6.61 Å². The number of aliphatic hydroxyl groups excluding tert-OH is 1. The maximum absolute atomic E-state index is 9.12. The molecule has 0 spiro atoms. The van der Waals surface area contributed by atoms with Gasteiger partial charge in [-0.15, -0.1) is 0 Å². The molecule has 0 aliphatic heterocycles. The molecule has 102 valence electrons. The Bertz CT molecular complexity index is 736. The Morgan fingerprint density at radius 2 is 2.15 bits per heavy atom. The van der Waals surface area contributed by atoms with Crippen molar-refractivity contribution < 1.29 is 5.11 Å². The maximum Gasteiger partial charge on any atom is 0.155 e. The monoisotopic (exact) mass is 268 g/mol. The number of hydrogen-bond donors (Lipinski definition) is 2. The van der Waals surface area contributed by atoms with Gasteiger partial charge in [-0.05, 0) is 24.6 Å². The largest absolute Gasteiger partial charge is 0.392 e. The third-order valence-electron chi connectivity index (χ3n) is 3.10. The standard InChI is InChI=1S/C15H16N4O/c1-11-5-15-17-8-13(9-19(15)18-11)7-16-14-4-2-3-12(6-14)10-20/h2-6,8-9,16,20H,7,10H2,1H3. The number of nitrogens with one attached hydrogen (secondary N) is 1. The van der Waals surface area contributed by atoms with Gasteiger partial charge in [-0.25, -0.2) is 9.50 Å². The molecule has 20 heavy (non-hydrogen) atoms. The van der Waals surface area contributed by atoms with Crippen molar-refractivity contribution in [3.8, 4) is 0 Å². The van der Waals surface area contributed by atoms with Gasteiger partial charge < -0.3 is 10.4 Å². The van der Waals surface area contributed by atoms with E-state index in [9.17, 15) is 0 Å². The highest BCUT2D eigenvalue weighted by Gasteiger charge is 2.01. The number of benzene rings is 1. The van der Waals surface area contributed by atoms with Crippen LogP contribution in [0.1, 0.15) is 16.8 Å². The van der Waals surface area contributed by atoms with Gasteiger partial charge in [0.15, 0.2) is 5.65 Å². The topological polar surface area (TPSA) is 62.5 Å². The van der Waals surface area contributed by atoms with Gasteiger partial charge in [0, 0.05) is 36.3 Å². The highest BCUT2D eigenvalue weighted by Crippen LogP contribution is 2.12. The first-order valence-corrected chi connectivity index (χ1v) is 6.49. The third kappa shape index (κ3) is 2.62. The van der Waals surface area contributed by atoms with E-state index < -0.39 is 0 Å². The molecule has 2 aromatic heterocycles. The maximum atomic E-state index is 9.12. The van der Waals surface area contributed by atoms with Gasteiger partial charge >= 0.3 is 0 Å². The number of nitrogens with zero attached hydrogens (tertiary/aromatic N) is 3.